The molecule has 0 radical (unpaired) electrons. The summed E-state index contributed by atoms with van der Waals surface area (Å²) in [4.78, 5) is 0. The maximum absolute atomic E-state index is 4.25. The summed E-state index contributed by atoms with van der Waals surface area (Å²) in [5.74, 6) is 0. The molecule has 0 saturated heterocycles. The van der Waals surface area contributed by atoms with Gasteiger partial charge in [-0.1, -0.05) is 0 Å². The van der Waals surface area contributed by atoms with E-state index in [1.807, 2.05) is 0 Å². The van der Waals surface area contributed by atoms with Crippen LogP contribution in [0.1, 0.15) is 0 Å². The van der Waals surface area contributed by atoms with Crippen molar-refractivity contribution in [2.75, 3.05) is 0 Å². The summed E-state index contributed by atoms with van der Waals surface area (Å²) in [6.07, 6.45) is 0. The number of hydrogen-bond donors (Lipinski definition) is 0. The summed E-state index contributed by atoms with van der Waals surface area (Å²) >= 11 is 0. The average Bonchev–Trinajstić information content (AvgIpc) is 1.00. The molecule has 0 spiro atoms. The Kier molecular flexibility index (Phi) is 675. The van der Waals surface area contributed by atoms with Gasteiger partial charge in [-0.25, -0.2) is 0 Å². The van der Waals surface area contributed by atoms with Crippen LogP contribution in [0.2, 0.25) is 0 Å². The van der Waals surface area contributed by atoms with E-state index in [-0.39, 0.29) is 45.1 Å². The van der Waals surface area contributed by atoms with Crippen molar-refractivity contribution in [3.63, 3.8) is 0 Å². The zero-order valence-corrected chi connectivity index (χ0v) is 4.28. The van der Waals surface area contributed by atoms with Crippen molar-refractivity contribution >= 4 is 0 Å². The fourth-order valence-corrected chi connectivity index (χ4v) is 0. The van der Waals surface area contributed by atoms with Gasteiger partial charge >= 0.3 is 37.7 Å². The molecular weight excluding hydrogens is 49.9 g/mol. The molecule has 0 aromatic rings. The van der Waals surface area contributed by atoms with E-state index in [9.17, 15) is 0 Å². The second-order valence-corrected chi connectivity index (χ2v) is 0. The van der Waals surface area contributed by atoms with Gasteiger partial charge in [-0.15, -0.1) is 0 Å². The maximum atomic E-state index is 4.25. The van der Waals surface area contributed by atoms with E-state index in [1.54, 1.807) is 0 Å². The third-order valence-corrected chi connectivity index (χ3v) is 0. The fourth-order valence-electron chi connectivity index (χ4n) is 0. The molecule has 2 heteroatoms. The van der Waals surface area contributed by atoms with Crippen molar-refractivity contribution in [3.8, 4) is 0 Å². The SMILES string of the molecule is [CH-]=C.[CH3-].[Li+].[Li+]. The summed E-state index contributed by atoms with van der Waals surface area (Å²) < 4.78 is 0. The molecule has 0 aromatic carbocycles. The predicted octanol–water partition coefficient (Wildman–Crippen LogP) is -4.94. The van der Waals surface area contributed by atoms with Crippen molar-refractivity contribution in [1.82, 2.24) is 0 Å². The molecule has 0 fully saturated rings. The van der Waals surface area contributed by atoms with Crippen LogP contribution >= 0.6 is 0 Å². The van der Waals surface area contributed by atoms with Gasteiger partial charge in [0, 0.05) is 0 Å². The van der Waals surface area contributed by atoms with Gasteiger partial charge in [0.05, 0.1) is 0 Å². The number of hydrogen-bond acceptors (Lipinski definition) is 0. The van der Waals surface area contributed by atoms with Crippen molar-refractivity contribution in [1.29, 1.82) is 0 Å². The molecule has 0 heterocycles. The first-order valence-corrected chi connectivity index (χ1v) is 0.408. The maximum Gasteiger partial charge on any atom is 1.00 e. The largest absolute Gasteiger partial charge is 1.00 e. The molecule has 0 aliphatic heterocycles. The van der Waals surface area contributed by atoms with Gasteiger partial charge < -0.3 is 14.0 Å². The third-order valence-electron chi connectivity index (χ3n) is 0. The summed E-state index contributed by atoms with van der Waals surface area (Å²) in [6.45, 7) is 7.00. The minimum atomic E-state index is 0. The molecule has 0 amide bonds. The minimum Gasteiger partial charge on any atom is -0.521 e. The first-order valence-electron chi connectivity index (χ1n) is 0.408. The smallest absolute Gasteiger partial charge is 0.521 e. The molecular formula is C3H6Li2. The first kappa shape index (κ1) is 38.6. The van der Waals surface area contributed by atoms with Gasteiger partial charge in [0.15, 0.2) is 0 Å². The van der Waals surface area contributed by atoms with Gasteiger partial charge in [-0.3, -0.25) is 6.58 Å². The van der Waals surface area contributed by atoms with Gasteiger partial charge in [-0.05, 0) is 0 Å². The Balaban J connectivity index is -0.00000000167. The average molecular weight is 56.0 g/mol. The van der Waals surface area contributed by atoms with E-state index < -0.39 is 0 Å². The van der Waals surface area contributed by atoms with Crippen LogP contribution in [0.15, 0.2) is 6.58 Å². The Bertz CT molecular complexity index is 4.85. The second kappa shape index (κ2) is 87.4. The normalized spacial score (nSPS) is 0.800. The number of rotatable bonds is 0. The summed E-state index contributed by atoms with van der Waals surface area (Å²) in [7, 11) is 0. The molecule has 0 N–H and O–H groups in total. The van der Waals surface area contributed by atoms with Crippen molar-refractivity contribution in [2.24, 2.45) is 0 Å². The first-order chi connectivity index (χ1) is 1.00. The minimum absolute atomic E-state index is 0. The van der Waals surface area contributed by atoms with Crippen molar-refractivity contribution < 1.29 is 37.7 Å². The molecule has 0 aliphatic rings. The molecule has 0 atom stereocenters. The zero-order chi connectivity index (χ0) is 2.00. The van der Waals surface area contributed by atoms with E-state index in [2.05, 4.69) is 13.2 Å². The Labute approximate surface area is 58.4 Å². The van der Waals surface area contributed by atoms with Crippen LogP contribution in [0.25, 0.3) is 0 Å². The molecule has 0 unspecified atom stereocenters. The second-order valence-electron chi connectivity index (χ2n) is 0. The van der Waals surface area contributed by atoms with Crippen LogP contribution in [-0.4, -0.2) is 0 Å². The topological polar surface area (TPSA) is 0 Å². The monoisotopic (exact) mass is 56.1 g/mol. The van der Waals surface area contributed by atoms with E-state index >= 15 is 0 Å². The molecule has 0 rings (SSSR count). The Morgan fingerprint density at radius 1 is 1.00 bits per heavy atom. The Morgan fingerprint density at radius 3 is 1.00 bits per heavy atom. The van der Waals surface area contributed by atoms with Crippen molar-refractivity contribution in [2.45, 2.75) is 0 Å². The molecule has 0 saturated carbocycles. The van der Waals surface area contributed by atoms with E-state index in [0.717, 1.165) is 0 Å². The Morgan fingerprint density at radius 2 is 1.00 bits per heavy atom. The van der Waals surface area contributed by atoms with E-state index in [0.29, 0.717) is 0 Å². The van der Waals surface area contributed by atoms with Gasteiger partial charge in [-0.2, -0.15) is 0 Å². The predicted molar refractivity (Wildman–Crippen MR) is 16.3 cm³/mol. The summed E-state index contributed by atoms with van der Waals surface area (Å²) in [5.41, 5.74) is 0. The fraction of sp³-hybridized carbons (Fsp3) is 0. The third kappa shape index (κ3) is 48.6. The Hall–Kier alpha value is 0.935. The van der Waals surface area contributed by atoms with Crippen LogP contribution in [0.3, 0.4) is 0 Å². The quantitative estimate of drug-likeness (QED) is 0.193. The molecule has 0 aromatic heterocycles. The summed E-state index contributed by atoms with van der Waals surface area (Å²) in [6, 6.07) is 0. The van der Waals surface area contributed by atoms with Crippen LogP contribution in [0, 0.1) is 14.0 Å². The standard InChI is InChI=1S/C2H3.CH3.2Li/c1-2;;;/h1H,2H2;1H3;;/q2*-1;2*+1. The molecule has 5 heavy (non-hydrogen) atoms. The van der Waals surface area contributed by atoms with Gasteiger partial charge in [0.2, 0.25) is 0 Å². The van der Waals surface area contributed by atoms with E-state index in [4.69, 9.17) is 0 Å². The molecule has 20 valence electrons. The van der Waals surface area contributed by atoms with Crippen molar-refractivity contribution in [3.05, 3.63) is 20.6 Å². The van der Waals surface area contributed by atoms with Gasteiger partial charge in [0.1, 0.15) is 0 Å². The molecule has 0 nitrogen and oxygen atoms in total. The zero-order valence-electron chi connectivity index (χ0n) is 4.28. The van der Waals surface area contributed by atoms with Crippen LogP contribution in [0.4, 0.5) is 0 Å². The van der Waals surface area contributed by atoms with E-state index in [1.165, 1.54) is 0 Å². The van der Waals surface area contributed by atoms with Crippen LogP contribution in [-0.2, 0) is 0 Å². The van der Waals surface area contributed by atoms with Crippen LogP contribution in [0.5, 0.6) is 0 Å². The van der Waals surface area contributed by atoms with Crippen LogP contribution < -0.4 is 37.7 Å². The molecule has 0 aliphatic carbocycles. The van der Waals surface area contributed by atoms with Gasteiger partial charge in [0.25, 0.3) is 0 Å². The summed E-state index contributed by atoms with van der Waals surface area (Å²) in [5, 5.41) is 0. The molecule has 0 bridgehead atoms.